The molecule has 0 saturated carbocycles. The van der Waals surface area contributed by atoms with Gasteiger partial charge in [0.15, 0.2) is 23.3 Å². The number of fused-ring (bicyclic) bond motifs is 5. The molecule has 3 aliphatic rings. The Hall–Kier alpha value is -3.46. The van der Waals surface area contributed by atoms with Gasteiger partial charge in [-0.1, -0.05) is 48.5 Å². The molecule has 2 aliphatic heterocycles. The summed E-state index contributed by atoms with van der Waals surface area (Å²) >= 11 is 0. The summed E-state index contributed by atoms with van der Waals surface area (Å²) < 4.78 is 76.0. The number of ether oxygens (including phenoxy) is 1. The van der Waals surface area contributed by atoms with Gasteiger partial charge in [-0.3, -0.25) is 0 Å². The van der Waals surface area contributed by atoms with E-state index >= 15 is 0 Å². The zero-order valence-electron chi connectivity index (χ0n) is 19.5. The molecule has 3 aromatic carbocycles. The van der Waals surface area contributed by atoms with Crippen LogP contribution in [0.5, 0.6) is 0 Å². The Morgan fingerprint density at radius 1 is 0.811 bits per heavy atom. The van der Waals surface area contributed by atoms with Crippen molar-refractivity contribution in [3.05, 3.63) is 94.3 Å². The number of carbonyl (C=O) groups excluding carboxylic acids is 1. The second-order valence-corrected chi connectivity index (χ2v) is 9.98. The molecule has 2 atom stereocenters. The maximum Gasteiger partial charge on any atom is 0.410 e. The summed E-state index contributed by atoms with van der Waals surface area (Å²) in [5.41, 5.74) is 0.677. The predicted octanol–water partition coefficient (Wildman–Crippen LogP) is 6.15. The average Bonchev–Trinajstić information content (AvgIpc) is 3.37. The summed E-state index contributed by atoms with van der Waals surface area (Å²) in [5.74, 6) is -10.7. The van der Waals surface area contributed by atoms with Crippen LogP contribution in [-0.4, -0.2) is 34.8 Å². The highest BCUT2D eigenvalue weighted by Gasteiger charge is 2.53. The molecule has 2 unspecified atom stereocenters. The van der Waals surface area contributed by atoms with E-state index in [9.17, 15) is 31.9 Å². The van der Waals surface area contributed by atoms with Gasteiger partial charge in [-0.05, 0) is 35.1 Å². The van der Waals surface area contributed by atoms with Crippen LogP contribution >= 0.6 is 0 Å². The molecule has 0 aromatic heterocycles. The first-order chi connectivity index (χ1) is 17.7. The fourth-order valence-corrected chi connectivity index (χ4v) is 6.41. The first-order valence-electron chi connectivity index (χ1n) is 12.1. The molecule has 0 spiro atoms. The summed E-state index contributed by atoms with van der Waals surface area (Å²) in [6, 6.07) is 14.4. The lowest BCUT2D eigenvalue weighted by Gasteiger charge is -2.43. The number of amides is 1. The standard InChI is InChI=1S/C28H22F5NO3/c29-22-21(23(30)25(32)26(33)24(22)31)28(36)11-14-9-10-15(12-28)34(14)27(35)37-13-20-18-7-3-1-5-16(18)17-6-2-4-8-19(17)20/h1-8,14-15,20,36H,9-13H2. The maximum absolute atomic E-state index is 14.5. The Balaban J connectivity index is 1.22. The van der Waals surface area contributed by atoms with Gasteiger partial charge >= 0.3 is 6.09 Å². The molecule has 1 N–H and O–H groups in total. The zero-order chi connectivity index (χ0) is 26.1. The van der Waals surface area contributed by atoms with Crippen LogP contribution in [0.2, 0.25) is 0 Å². The lowest BCUT2D eigenvalue weighted by Crippen LogP contribution is -2.53. The minimum atomic E-state index is -2.31. The van der Waals surface area contributed by atoms with Crippen molar-refractivity contribution in [2.45, 2.75) is 49.3 Å². The average molecular weight is 515 g/mol. The predicted molar refractivity (Wildman–Crippen MR) is 123 cm³/mol. The third kappa shape index (κ3) is 3.54. The summed E-state index contributed by atoms with van der Waals surface area (Å²) in [5, 5.41) is 11.1. The molecule has 0 radical (unpaired) electrons. The van der Waals surface area contributed by atoms with Gasteiger partial charge in [-0.25, -0.2) is 26.7 Å². The normalized spacial score (nSPS) is 24.2. The molecular formula is C28H22F5NO3. The van der Waals surface area contributed by atoms with Gasteiger partial charge < -0.3 is 14.7 Å². The van der Waals surface area contributed by atoms with Crippen LogP contribution in [0, 0.1) is 29.1 Å². The molecule has 37 heavy (non-hydrogen) atoms. The van der Waals surface area contributed by atoms with Gasteiger partial charge in [0, 0.05) is 30.8 Å². The Labute approximate surface area is 209 Å². The number of carbonyl (C=O) groups is 1. The van der Waals surface area contributed by atoms with E-state index in [1.54, 1.807) is 0 Å². The zero-order valence-corrected chi connectivity index (χ0v) is 19.5. The summed E-state index contributed by atoms with van der Waals surface area (Å²) in [4.78, 5) is 14.6. The van der Waals surface area contributed by atoms with Gasteiger partial charge in [0.05, 0.1) is 11.2 Å². The number of aliphatic hydroxyl groups is 1. The molecule has 2 heterocycles. The number of hydrogen-bond donors (Lipinski definition) is 1. The molecule has 3 aromatic rings. The first-order valence-corrected chi connectivity index (χ1v) is 12.1. The van der Waals surface area contributed by atoms with Crippen molar-refractivity contribution in [2.24, 2.45) is 0 Å². The van der Waals surface area contributed by atoms with Gasteiger partial charge in [0.1, 0.15) is 6.61 Å². The van der Waals surface area contributed by atoms with Crippen molar-refractivity contribution in [1.29, 1.82) is 0 Å². The molecule has 1 aliphatic carbocycles. The Bertz CT molecular complexity index is 1340. The van der Waals surface area contributed by atoms with E-state index in [2.05, 4.69) is 0 Å². The van der Waals surface area contributed by atoms with Crippen molar-refractivity contribution in [3.63, 3.8) is 0 Å². The van der Waals surface area contributed by atoms with Crippen molar-refractivity contribution in [2.75, 3.05) is 6.61 Å². The fourth-order valence-electron chi connectivity index (χ4n) is 6.41. The van der Waals surface area contributed by atoms with E-state index in [0.717, 1.165) is 22.3 Å². The van der Waals surface area contributed by atoms with Crippen LogP contribution in [0.25, 0.3) is 11.1 Å². The molecule has 1 amide bonds. The van der Waals surface area contributed by atoms with Gasteiger partial charge in [-0.2, -0.15) is 0 Å². The van der Waals surface area contributed by atoms with E-state index in [4.69, 9.17) is 4.74 Å². The number of benzene rings is 3. The van der Waals surface area contributed by atoms with Crippen molar-refractivity contribution < 1.29 is 36.6 Å². The summed E-state index contributed by atoms with van der Waals surface area (Å²) in [6.07, 6.45) is -0.550. The van der Waals surface area contributed by atoms with Crippen molar-refractivity contribution in [3.8, 4) is 11.1 Å². The smallest absolute Gasteiger partial charge is 0.410 e. The molecule has 2 fully saturated rings. The Morgan fingerprint density at radius 2 is 1.27 bits per heavy atom. The number of piperidine rings is 1. The summed E-state index contributed by atoms with van der Waals surface area (Å²) in [7, 11) is 0. The third-order valence-electron chi connectivity index (χ3n) is 7.99. The minimum Gasteiger partial charge on any atom is -0.448 e. The van der Waals surface area contributed by atoms with E-state index in [1.165, 1.54) is 4.90 Å². The van der Waals surface area contributed by atoms with Gasteiger partial charge in [0.25, 0.3) is 0 Å². The molecule has 6 rings (SSSR count). The number of halogens is 5. The maximum atomic E-state index is 14.5. The molecule has 2 bridgehead atoms. The topological polar surface area (TPSA) is 49.8 Å². The highest BCUT2D eigenvalue weighted by molar-refractivity contribution is 5.79. The van der Waals surface area contributed by atoms with Crippen LogP contribution in [0.15, 0.2) is 48.5 Å². The third-order valence-corrected chi connectivity index (χ3v) is 7.99. The number of nitrogens with zero attached hydrogens (tertiary/aromatic N) is 1. The first kappa shape index (κ1) is 23.9. The van der Waals surface area contributed by atoms with Crippen molar-refractivity contribution >= 4 is 6.09 Å². The molecular weight excluding hydrogens is 493 g/mol. The van der Waals surface area contributed by atoms with Gasteiger partial charge in [0.2, 0.25) is 5.82 Å². The van der Waals surface area contributed by atoms with E-state index in [0.29, 0.717) is 12.8 Å². The second-order valence-electron chi connectivity index (χ2n) is 9.98. The molecule has 9 heteroatoms. The van der Waals surface area contributed by atoms with E-state index in [-0.39, 0.29) is 25.4 Å². The Morgan fingerprint density at radius 3 is 1.78 bits per heavy atom. The highest BCUT2D eigenvalue weighted by atomic mass is 19.2. The van der Waals surface area contributed by atoms with Gasteiger partial charge in [-0.15, -0.1) is 0 Å². The lowest BCUT2D eigenvalue weighted by molar-refractivity contribution is -0.0581. The monoisotopic (exact) mass is 515 g/mol. The second kappa shape index (κ2) is 8.55. The largest absolute Gasteiger partial charge is 0.448 e. The molecule has 2 saturated heterocycles. The highest BCUT2D eigenvalue weighted by Crippen LogP contribution is 2.49. The molecule has 192 valence electrons. The molecule has 4 nitrogen and oxygen atoms in total. The SMILES string of the molecule is O=C(OCC1c2ccccc2-c2ccccc21)N1C2CCC1CC(O)(c1c(F)c(F)c(F)c(F)c1F)C2. The van der Waals surface area contributed by atoms with Crippen LogP contribution < -0.4 is 0 Å². The van der Waals surface area contributed by atoms with Crippen LogP contribution in [0.4, 0.5) is 26.7 Å². The fraction of sp³-hybridized carbons (Fsp3) is 0.321. The van der Waals surface area contributed by atoms with E-state index in [1.807, 2.05) is 48.5 Å². The Kier molecular flexibility index (Phi) is 5.52. The number of rotatable bonds is 3. The van der Waals surface area contributed by atoms with E-state index < -0.39 is 58.4 Å². The lowest BCUT2D eigenvalue weighted by atomic mass is 9.80. The van der Waals surface area contributed by atoms with Crippen LogP contribution in [-0.2, 0) is 10.3 Å². The summed E-state index contributed by atoms with van der Waals surface area (Å²) in [6.45, 7) is 0.0741. The quantitative estimate of drug-likeness (QED) is 0.259. The van der Waals surface area contributed by atoms with Crippen molar-refractivity contribution in [1.82, 2.24) is 4.90 Å². The van der Waals surface area contributed by atoms with Crippen LogP contribution in [0.1, 0.15) is 48.3 Å². The van der Waals surface area contributed by atoms with Crippen LogP contribution in [0.3, 0.4) is 0 Å². The number of hydrogen-bond acceptors (Lipinski definition) is 3. The minimum absolute atomic E-state index is 0.0741.